The zero-order chi connectivity index (χ0) is 24.1. The molecule has 36 heavy (non-hydrogen) atoms. The molecule has 0 spiro atoms. The number of aromatic amines is 2. The number of H-pyrrole nitrogens is 2. The van der Waals surface area contributed by atoms with Gasteiger partial charge in [-0.25, -0.2) is 4.98 Å². The number of nitrogens with zero attached hydrogens (tertiary/aromatic N) is 5. The summed E-state index contributed by atoms with van der Waals surface area (Å²) in [6, 6.07) is 15.7. The fraction of sp³-hybridized carbons (Fsp3) is 0.111. The molecule has 174 valence electrons. The van der Waals surface area contributed by atoms with Crippen molar-refractivity contribution in [3.05, 3.63) is 73.3 Å². The van der Waals surface area contributed by atoms with Crippen molar-refractivity contribution in [2.24, 2.45) is 5.92 Å². The number of carbonyl (C=O) groups is 1. The van der Waals surface area contributed by atoms with Crippen LogP contribution in [0.15, 0.2) is 73.3 Å². The smallest absolute Gasteiger partial charge is 0.227 e. The van der Waals surface area contributed by atoms with Crippen LogP contribution in [0.5, 0.6) is 0 Å². The molecular weight excluding hydrogens is 452 g/mol. The first-order valence-electron chi connectivity index (χ1n) is 11.7. The zero-order valence-corrected chi connectivity index (χ0v) is 19.1. The summed E-state index contributed by atoms with van der Waals surface area (Å²) in [5.74, 6) is 0.823. The number of rotatable bonds is 5. The number of hydrogen-bond acceptors (Lipinski definition) is 6. The number of amides is 1. The molecule has 9 nitrogen and oxygen atoms in total. The average molecular weight is 473 g/mol. The van der Waals surface area contributed by atoms with Gasteiger partial charge in [-0.15, -0.1) is 0 Å². The van der Waals surface area contributed by atoms with Crippen molar-refractivity contribution in [2.45, 2.75) is 12.8 Å². The van der Waals surface area contributed by atoms with Crippen LogP contribution in [-0.4, -0.2) is 41.0 Å². The van der Waals surface area contributed by atoms with Crippen molar-refractivity contribution in [1.29, 1.82) is 0 Å². The molecule has 0 aliphatic heterocycles. The lowest BCUT2D eigenvalue weighted by Crippen LogP contribution is -2.13. The predicted molar refractivity (Wildman–Crippen MR) is 137 cm³/mol. The highest BCUT2D eigenvalue weighted by Gasteiger charge is 2.29. The summed E-state index contributed by atoms with van der Waals surface area (Å²) in [6.07, 6.45) is 8.81. The Bertz CT molecular complexity index is 1750. The van der Waals surface area contributed by atoms with Crippen LogP contribution in [0.1, 0.15) is 12.8 Å². The van der Waals surface area contributed by atoms with Crippen molar-refractivity contribution < 1.29 is 4.79 Å². The van der Waals surface area contributed by atoms with Crippen LogP contribution in [0.25, 0.3) is 56.0 Å². The Hall–Kier alpha value is -4.92. The zero-order valence-electron chi connectivity index (χ0n) is 19.1. The second-order valence-corrected chi connectivity index (χ2v) is 8.92. The fourth-order valence-corrected chi connectivity index (χ4v) is 4.37. The van der Waals surface area contributed by atoms with Gasteiger partial charge in [-0.05, 0) is 43.2 Å². The third-order valence-electron chi connectivity index (χ3n) is 6.37. The van der Waals surface area contributed by atoms with E-state index >= 15 is 0 Å². The number of nitrogens with one attached hydrogen (secondary N) is 3. The fourth-order valence-electron chi connectivity index (χ4n) is 4.37. The number of imidazole rings is 1. The van der Waals surface area contributed by atoms with Crippen molar-refractivity contribution in [3.63, 3.8) is 0 Å². The molecule has 1 aliphatic carbocycles. The van der Waals surface area contributed by atoms with Gasteiger partial charge in [0.1, 0.15) is 5.69 Å². The largest absolute Gasteiger partial charge is 0.337 e. The Morgan fingerprint density at radius 1 is 0.944 bits per heavy atom. The summed E-state index contributed by atoms with van der Waals surface area (Å²) in [6.45, 7) is 0. The summed E-state index contributed by atoms with van der Waals surface area (Å²) in [4.78, 5) is 33.9. The van der Waals surface area contributed by atoms with Gasteiger partial charge in [0.2, 0.25) is 5.91 Å². The molecule has 0 radical (unpaired) electrons. The molecule has 0 bridgehead atoms. The van der Waals surface area contributed by atoms with E-state index in [9.17, 15) is 4.79 Å². The van der Waals surface area contributed by atoms with E-state index in [4.69, 9.17) is 4.98 Å². The number of benzene rings is 1. The quantitative estimate of drug-likeness (QED) is 0.325. The minimum atomic E-state index is 0.0458. The Kier molecular flexibility index (Phi) is 4.60. The molecular formula is C27H20N8O. The maximum atomic E-state index is 12.2. The van der Waals surface area contributed by atoms with Gasteiger partial charge in [-0.2, -0.15) is 5.10 Å². The number of fused-ring (bicyclic) bond motifs is 2. The average Bonchev–Trinajstić information content (AvgIpc) is 3.55. The minimum absolute atomic E-state index is 0.0458. The molecule has 1 saturated carbocycles. The van der Waals surface area contributed by atoms with Crippen molar-refractivity contribution in [1.82, 2.24) is 35.1 Å². The van der Waals surface area contributed by atoms with Gasteiger partial charge in [0.15, 0.2) is 5.82 Å². The van der Waals surface area contributed by atoms with E-state index < -0.39 is 0 Å². The number of aromatic nitrogens is 7. The van der Waals surface area contributed by atoms with Gasteiger partial charge >= 0.3 is 0 Å². The van der Waals surface area contributed by atoms with Gasteiger partial charge < -0.3 is 10.3 Å². The van der Waals surface area contributed by atoms with Crippen LogP contribution < -0.4 is 5.32 Å². The molecule has 0 unspecified atom stereocenters. The van der Waals surface area contributed by atoms with Crippen molar-refractivity contribution in [3.8, 4) is 34.0 Å². The van der Waals surface area contributed by atoms with Crippen molar-refractivity contribution >= 4 is 33.5 Å². The molecule has 0 saturated heterocycles. The van der Waals surface area contributed by atoms with E-state index in [2.05, 4.69) is 35.5 Å². The van der Waals surface area contributed by atoms with Crippen LogP contribution in [0, 0.1) is 5.92 Å². The summed E-state index contributed by atoms with van der Waals surface area (Å²) >= 11 is 0. The summed E-state index contributed by atoms with van der Waals surface area (Å²) in [7, 11) is 0. The molecule has 5 heterocycles. The summed E-state index contributed by atoms with van der Waals surface area (Å²) < 4.78 is 0. The Morgan fingerprint density at radius 2 is 1.89 bits per heavy atom. The number of anilines is 1. The first kappa shape index (κ1) is 20.5. The van der Waals surface area contributed by atoms with Gasteiger partial charge in [0.25, 0.3) is 0 Å². The molecule has 5 aromatic heterocycles. The molecule has 1 fully saturated rings. The first-order chi connectivity index (χ1) is 17.7. The van der Waals surface area contributed by atoms with E-state index in [0.717, 1.165) is 57.3 Å². The highest BCUT2D eigenvalue weighted by Crippen LogP contribution is 2.33. The summed E-state index contributed by atoms with van der Waals surface area (Å²) in [5, 5.41) is 11.4. The van der Waals surface area contributed by atoms with E-state index in [1.807, 2.05) is 48.5 Å². The molecule has 1 aromatic carbocycles. The Balaban J connectivity index is 1.28. The van der Waals surface area contributed by atoms with Crippen molar-refractivity contribution in [2.75, 3.05) is 5.32 Å². The van der Waals surface area contributed by atoms with Crippen LogP contribution in [0.3, 0.4) is 0 Å². The van der Waals surface area contributed by atoms with Crippen LogP contribution in [0.4, 0.5) is 5.69 Å². The molecule has 1 aliphatic rings. The topological polar surface area (TPSA) is 125 Å². The van der Waals surface area contributed by atoms with E-state index in [-0.39, 0.29) is 11.8 Å². The second-order valence-electron chi connectivity index (χ2n) is 8.92. The molecule has 6 aromatic rings. The maximum Gasteiger partial charge on any atom is 0.227 e. The SMILES string of the molecule is O=C(Nc1cncc(-c2cc3c(-c4nc5c(-c6ccccn6)cccc5[nH]4)n[nH]c3cn2)c1)C1CC1. The maximum absolute atomic E-state index is 12.2. The highest BCUT2D eigenvalue weighted by atomic mass is 16.2. The predicted octanol–water partition coefficient (Wildman–Crippen LogP) is 4.97. The van der Waals surface area contributed by atoms with Crippen LogP contribution in [0.2, 0.25) is 0 Å². The lowest BCUT2D eigenvalue weighted by atomic mass is 10.1. The van der Waals surface area contributed by atoms with Gasteiger partial charge in [0.05, 0.1) is 46.0 Å². The monoisotopic (exact) mass is 472 g/mol. The summed E-state index contributed by atoms with van der Waals surface area (Å²) in [5.41, 5.74) is 7.24. The molecule has 3 N–H and O–H groups in total. The number of para-hydroxylation sites is 1. The highest BCUT2D eigenvalue weighted by molar-refractivity contribution is 5.98. The standard InChI is InChI=1S/C27H20N8O/c36-27(15-7-8-15)31-17-10-16(12-28-13-17)22-11-19-23(14-30-22)34-35-25(19)26-32-21-6-3-4-18(24(21)33-26)20-5-1-2-9-29-20/h1-6,9-15H,7-8H2,(H,31,36)(H,32,33)(H,34,35). The first-order valence-corrected chi connectivity index (χ1v) is 11.7. The molecule has 0 atom stereocenters. The molecule has 7 rings (SSSR count). The molecule has 9 heteroatoms. The minimum Gasteiger partial charge on any atom is -0.337 e. The van der Waals surface area contributed by atoms with Crippen LogP contribution >= 0.6 is 0 Å². The van der Waals surface area contributed by atoms with Gasteiger partial charge in [-0.1, -0.05) is 18.2 Å². The van der Waals surface area contributed by atoms with Gasteiger partial charge in [0, 0.05) is 34.8 Å². The van der Waals surface area contributed by atoms with E-state index in [1.165, 1.54) is 0 Å². The number of carbonyl (C=O) groups excluding carboxylic acids is 1. The van der Waals surface area contributed by atoms with E-state index in [1.54, 1.807) is 24.8 Å². The Morgan fingerprint density at radius 3 is 2.75 bits per heavy atom. The molecule has 1 amide bonds. The Labute approximate surface area is 205 Å². The number of pyridine rings is 3. The lowest BCUT2D eigenvalue weighted by Gasteiger charge is -2.06. The number of hydrogen-bond donors (Lipinski definition) is 3. The second kappa shape index (κ2) is 8.09. The van der Waals surface area contributed by atoms with Crippen LogP contribution in [-0.2, 0) is 4.79 Å². The lowest BCUT2D eigenvalue weighted by molar-refractivity contribution is -0.117. The van der Waals surface area contributed by atoms with Gasteiger partial charge in [-0.3, -0.25) is 24.8 Å². The third-order valence-corrected chi connectivity index (χ3v) is 6.37. The third kappa shape index (κ3) is 3.58. The normalized spacial score (nSPS) is 13.3. The van der Waals surface area contributed by atoms with E-state index in [0.29, 0.717) is 17.2 Å².